The van der Waals surface area contributed by atoms with Gasteiger partial charge < -0.3 is 14.4 Å². The number of anilines is 1. The van der Waals surface area contributed by atoms with Crippen LogP contribution in [0.2, 0.25) is 0 Å². The maximum atomic E-state index is 12.4. The molecule has 1 aliphatic heterocycles. The van der Waals surface area contributed by atoms with Gasteiger partial charge in [-0.3, -0.25) is 4.79 Å². The summed E-state index contributed by atoms with van der Waals surface area (Å²) in [5, 5.41) is 0. The lowest BCUT2D eigenvalue weighted by Crippen LogP contribution is -2.44. The molecule has 2 aromatic carbocycles. The molecule has 4 nitrogen and oxygen atoms in total. The highest BCUT2D eigenvalue weighted by Gasteiger charge is 2.27. The van der Waals surface area contributed by atoms with Gasteiger partial charge in [-0.2, -0.15) is 0 Å². The fourth-order valence-electron chi connectivity index (χ4n) is 2.37. The molecule has 0 bridgehead atoms. The number of fused-ring (bicyclic) bond motifs is 1. The van der Waals surface area contributed by atoms with E-state index in [2.05, 4.69) is 0 Å². The smallest absolute Gasteiger partial charge is 0.265 e. The van der Waals surface area contributed by atoms with E-state index in [9.17, 15) is 4.79 Å². The van der Waals surface area contributed by atoms with E-state index >= 15 is 0 Å². The van der Waals surface area contributed by atoms with Gasteiger partial charge in [0, 0.05) is 0 Å². The van der Waals surface area contributed by atoms with Gasteiger partial charge in [0.1, 0.15) is 17.6 Å². The Balaban J connectivity index is 1.73. The summed E-state index contributed by atoms with van der Waals surface area (Å²) >= 11 is 0. The van der Waals surface area contributed by atoms with E-state index in [0.717, 1.165) is 11.4 Å². The van der Waals surface area contributed by atoms with Crippen molar-refractivity contribution in [1.82, 2.24) is 0 Å². The Kier molecular flexibility index (Phi) is 3.77. The van der Waals surface area contributed by atoms with Gasteiger partial charge in [0.15, 0.2) is 6.61 Å². The summed E-state index contributed by atoms with van der Waals surface area (Å²) in [6.07, 6.45) is -0.0272. The monoisotopic (exact) mass is 283 g/mol. The molecular weight excluding hydrogens is 266 g/mol. The fourth-order valence-corrected chi connectivity index (χ4v) is 2.37. The van der Waals surface area contributed by atoms with E-state index in [0.29, 0.717) is 12.3 Å². The highest BCUT2D eigenvalue weighted by atomic mass is 16.5. The summed E-state index contributed by atoms with van der Waals surface area (Å²) in [6, 6.07) is 16.9. The van der Waals surface area contributed by atoms with Crippen molar-refractivity contribution in [2.75, 3.05) is 18.1 Å². The molecule has 2 aromatic rings. The van der Waals surface area contributed by atoms with Crippen molar-refractivity contribution in [1.29, 1.82) is 0 Å². The largest absolute Gasteiger partial charge is 0.487 e. The van der Waals surface area contributed by atoms with Gasteiger partial charge in [-0.15, -0.1) is 0 Å². The number of carbonyl (C=O) groups excluding carboxylic acids is 1. The molecule has 1 amide bonds. The van der Waals surface area contributed by atoms with Crippen LogP contribution >= 0.6 is 0 Å². The SMILES string of the molecule is C[C@H]1CN(C(=O)COc2ccccc2)c2ccccc2O1. The second-order valence-electron chi connectivity index (χ2n) is 5.00. The quantitative estimate of drug-likeness (QED) is 0.869. The molecule has 4 heteroatoms. The molecule has 0 spiro atoms. The topological polar surface area (TPSA) is 38.8 Å². The Morgan fingerprint density at radius 3 is 2.71 bits per heavy atom. The zero-order valence-corrected chi connectivity index (χ0v) is 11.9. The maximum Gasteiger partial charge on any atom is 0.265 e. The number of hydrogen-bond donors (Lipinski definition) is 0. The van der Waals surface area contributed by atoms with Crippen LogP contribution in [0, 0.1) is 0 Å². The third-order valence-corrected chi connectivity index (χ3v) is 3.33. The first kappa shape index (κ1) is 13.5. The van der Waals surface area contributed by atoms with Crippen molar-refractivity contribution in [3.63, 3.8) is 0 Å². The van der Waals surface area contributed by atoms with Crippen LogP contribution in [0.3, 0.4) is 0 Å². The number of benzene rings is 2. The second-order valence-corrected chi connectivity index (χ2v) is 5.00. The number of para-hydroxylation sites is 3. The predicted octanol–water partition coefficient (Wildman–Crippen LogP) is 2.88. The normalized spacial score (nSPS) is 16.8. The fraction of sp³-hybridized carbons (Fsp3) is 0.235. The van der Waals surface area contributed by atoms with Crippen molar-refractivity contribution >= 4 is 11.6 Å². The number of amides is 1. The van der Waals surface area contributed by atoms with E-state index < -0.39 is 0 Å². The number of carbonyl (C=O) groups is 1. The lowest BCUT2D eigenvalue weighted by atomic mass is 10.2. The number of ether oxygens (including phenoxy) is 2. The molecule has 0 saturated heterocycles. The molecule has 0 fully saturated rings. The molecule has 0 aromatic heterocycles. The average Bonchev–Trinajstić information content (AvgIpc) is 2.52. The lowest BCUT2D eigenvalue weighted by Gasteiger charge is -2.33. The summed E-state index contributed by atoms with van der Waals surface area (Å²) in [6.45, 7) is 2.51. The van der Waals surface area contributed by atoms with Crippen LogP contribution in [0.1, 0.15) is 6.92 Å². The first-order valence-corrected chi connectivity index (χ1v) is 6.98. The standard InChI is InChI=1S/C17H17NO3/c1-13-11-18(15-9-5-6-10-16(15)21-13)17(19)12-20-14-7-3-2-4-8-14/h2-10,13H,11-12H2,1H3/t13-/m0/s1. The molecule has 21 heavy (non-hydrogen) atoms. The average molecular weight is 283 g/mol. The van der Waals surface area contributed by atoms with Crippen LogP contribution < -0.4 is 14.4 Å². The molecular formula is C17H17NO3. The lowest BCUT2D eigenvalue weighted by molar-refractivity contribution is -0.121. The zero-order valence-electron chi connectivity index (χ0n) is 11.9. The van der Waals surface area contributed by atoms with Crippen molar-refractivity contribution in [2.45, 2.75) is 13.0 Å². The zero-order chi connectivity index (χ0) is 14.7. The van der Waals surface area contributed by atoms with Crippen LogP contribution in [-0.4, -0.2) is 25.2 Å². The molecule has 0 aliphatic carbocycles. The Hall–Kier alpha value is -2.49. The molecule has 1 atom stereocenters. The van der Waals surface area contributed by atoms with E-state index in [1.54, 1.807) is 4.90 Å². The molecule has 0 radical (unpaired) electrons. The van der Waals surface area contributed by atoms with Crippen LogP contribution in [0.5, 0.6) is 11.5 Å². The minimum absolute atomic E-state index is 0.0189. The minimum atomic E-state index is -0.0681. The molecule has 0 saturated carbocycles. The Bertz CT molecular complexity index is 627. The highest BCUT2D eigenvalue weighted by molar-refractivity contribution is 5.96. The molecule has 108 valence electrons. The van der Waals surface area contributed by atoms with Crippen molar-refractivity contribution in [3.8, 4) is 11.5 Å². The molecule has 1 heterocycles. The molecule has 0 unspecified atom stereocenters. The first-order chi connectivity index (χ1) is 10.2. The van der Waals surface area contributed by atoms with E-state index in [4.69, 9.17) is 9.47 Å². The van der Waals surface area contributed by atoms with Crippen LogP contribution in [0.4, 0.5) is 5.69 Å². The predicted molar refractivity (Wildman–Crippen MR) is 80.8 cm³/mol. The van der Waals surface area contributed by atoms with Gasteiger partial charge in [-0.25, -0.2) is 0 Å². The summed E-state index contributed by atoms with van der Waals surface area (Å²) < 4.78 is 11.3. The van der Waals surface area contributed by atoms with E-state index in [-0.39, 0.29) is 18.6 Å². The number of nitrogens with zero attached hydrogens (tertiary/aromatic N) is 1. The van der Waals surface area contributed by atoms with Crippen LogP contribution in [0.15, 0.2) is 54.6 Å². The Labute approximate surface area is 123 Å². The highest BCUT2D eigenvalue weighted by Crippen LogP contribution is 2.32. The summed E-state index contributed by atoms with van der Waals surface area (Å²) in [4.78, 5) is 14.2. The van der Waals surface area contributed by atoms with Gasteiger partial charge in [0.2, 0.25) is 0 Å². The number of rotatable bonds is 3. The third-order valence-electron chi connectivity index (χ3n) is 3.33. The van der Waals surface area contributed by atoms with Crippen LogP contribution in [0.25, 0.3) is 0 Å². The molecule has 3 rings (SSSR count). The summed E-state index contributed by atoms with van der Waals surface area (Å²) in [5.74, 6) is 1.37. The maximum absolute atomic E-state index is 12.4. The van der Waals surface area contributed by atoms with Crippen molar-refractivity contribution in [3.05, 3.63) is 54.6 Å². The van der Waals surface area contributed by atoms with Gasteiger partial charge >= 0.3 is 0 Å². The van der Waals surface area contributed by atoms with Gasteiger partial charge in [-0.05, 0) is 31.2 Å². The Morgan fingerprint density at radius 1 is 1.19 bits per heavy atom. The second kappa shape index (κ2) is 5.87. The first-order valence-electron chi connectivity index (χ1n) is 6.98. The minimum Gasteiger partial charge on any atom is -0.487 e. The van der Waals surface area contributed by atoms with E-state index in [1.165, 1.54) is 0 Å². The van der Waals surface area contributed by atoms with Gasteiger partial charge in [-0.1, -0.05) is 30.3 Å². The van der Waals surface area contributed by atoms with E-state index in [1.807, 2.05) is 61.5 Å². The van der Waals surface area contributed by atoms with Gasteiger partial charge in [0.25, 0.3) is 5.91 Å². The van der Waals surface area contributed by atoms with Crippen molar-refractivity contribution < 1.29 is 14.3 Å². The van der Waals surface area contributed by atoms with Crippen LogP contribution in [-0.2, 0) is 4.79 Å². The molecule has 0 N–H and O–H groups in total. The summed E-state index contributed by atoms with van der Waals surface area (Å²) in [7, 11) is 0. The Morgan fingerprint density at radius 2 is 1.90 bits per heavy atom. The van der Waals surface area contributed by atoms with Crippen molar-refractivity contribution in [2.24, 2.45) is 0 Å². The summed E-state index contributed by atoms with van der Waals surface area (Å²) in [5.41, 5.74) is 0.803. The van der Waals surface area contributed by atoms with Gasteiger partial charge in [0.05, 0.1) is 12.2 Å². The molecule has 1 aliphatic rings. The number of hydrogen-bond acceptors (Lipinski definition) is 3. The third kappa shape index (κ3) is 2.99.